The van der Waals surface area contributed by atoms with E-state index in [1.165, 1.54) is 0 Å². The number of hydrogen-bond acceptors (Lipinski definition) is 2. The van der Waals surface area contributed by atoms with Gasteiger partial charge >= 0.3 is 0 Å². The Morgan fingerprint density at radius 3 is 2.58 bits per heavy atom. The van der Waals surface area contributed by atoms with Crippen LogP contribution in [0.15, 0.2) is 0 Å². The van der Waals surface area contributed by atoms with E-state index in [0.29, 0.717) is 0 Å². The maximum absolute atomic E-state index is 8.63. The summed E-state index contributed by atoms with van der Waals surface area (Å²) in [6.45, 7) is 9.16. The van der Waals surface area contributed by atoms with Gasteiger partial charge in [-0.25, -0.2) is 0 Å². The Hall–Kier alpha value is -0.590. The molecule has 0 fully saturated rings. The minimum atomic E-state index is 0.215. The summed E-state index contributed by atoms with van der Waals surface area (Å²) in [5.41, 5.74) is 0. The molecule has 0 aliphatic carbocycles. The van der Waals surface area contributed by atoms with E-state index >= 15 is 0 Å². The second-order valence-electron chi connectivity index (χ2n) is 3.03. The number of aliphatic hydroxyl groups is 1. The summed E-state index contributed by atoms with van der Waals surface area (Å²) in [4.78, 5) is 5.83. The SMILES string of the molecule is C#[N+][C@@H](CC)CCN(C)CCO. The predicted octanol–water partition coefficient (Wildman–Crippen LogP) is 1.04. The standard InChI is InChI=1S/C9H19N2O/c1-4-9(10-2)5-6-11(3)7-8-12/h2,9,12H,4-8H2,1,3H3/q+1/t9-/m0/s1. The summed E-state index contributed by atoms with van der Waals surface area (Å²) in [5.74, 6) is 0. The van der Waals surface area contributed by atoms with Crippen molar-refractivity contribution in [2.24, 2.45) is 0 Å². The van der Waals surface area contributed by atoms with Crippen molar-refractivity contribution in [1.29, 1.82) is 0 Å². The average Bonchev–Trinajstić information content (AvgIpc) is 2.07. The van der Waals surface area contributed by atoms with Gasteiger partial charge in [-0.2, -0.15) is 0 Å². The lowest BCUT2D eigenvalue weighted by atomic mass is 10.1. The van der Waals surface area contributed by atoms with Crippen LogP contribution in [0.1, 0.15) is 19.8 Å². The maximum atomic E-state index is 8.63. The molecule has 0 amide bonds. The van der Waals surface area contributed by atoms with Gasteiger partial charge in [-0.15, -0.1) is 0 Å². The monoisotopic (exact) mass is 171 g/mol. The molecule has 0 radical (unpaired) electrons. The third-order valence-electron chi connectivity index (χ3n) is 2.01. The quantitative estimate of drug-likeness (QED) is 0.646. The molecule has 0 aromatic carbocycles. The minimum Gasteiger partial charge on any atom is -0.395 e. The summed E-state index contributed by atoms with van der Waals surface area (Å²) < 4.78 is 0. The molecule has 0 saturated carbocycles. The smallest absolute Gasteiger partial charge is 0.273 e. The Bertz CT molecular complexity index is 142. The highest BCUT2D eigenvalue weighted by Gasteiger charge is 2.13. The van der Waals surface area contributed by atoms with Gasteiger partial charge in [0.05, 0.1) is 6.61 Å². The molecule has 1 N–H and O–H groups in total. The Kier molecular flexibility index (Phi) is 6.73. The predicted molar refractivity (Wildman–Crippen MR) is 51.6 cm³/mol. The van der Waals surface area contributed by atoms with Crippen molar-refractivity contribution < 1.29 is 5.11 Å². The van der Waals surface area contributed by atoms with Crippen molar-refractivity contribution in [3.05, 3.63) is 4.85 Å². The fourth-order valence-electron chi connectivity index (χ4n) is 1.04. The fourth-order valence-corrected chi connectivity index (χ4v) is 1.04. The van der Waals surface area contributed by atoms with Crippen molar-refractivity contribution >= 4 is 0 Å². The van der Waals surface area contributed by atoms with E-state index in [1.807, 2.05) is 7.05 Å². The Morgan fingerprint density at radius 2 is 2.17 bits per heavy atom. The van der Waals surface area contributed by atoms with Crippen LogP contribution in [0.4, 0.5) is 0 Å². The molecule has 0 aliphatic heterocycles. The van der Waals surface area contributed by atoms with E-state index < -0.39 is 0 Å². The first-order valence-corrected chi connectivity index (χ1v) is 4.44. The maximum Gasteiger partial charge on any atom is 0.273 e. The van der Waals surface area contributed by atoms with Crippen LogP contribution in [0.25, 0.3) is 4.85 Å². The first kappa shape index (κ1) is 11.4. The zero-order chi connectivity index (χ0) is 9.40. The third kappa shape index (κ3) is 5.11. The molecule has 0 heterocycles. The molecular weight excluding hydrogens is 152 g/mol. The van der Waals surface area contributed by atoms with Gasteiger partial charge in [-0.05, 0) is 7.05 Å². The lowest BCUT2D eigenvalue weighted by molar-refractivity contribution is 0.218. The second-order valence-corrected chi connectivity index (χ2v) is 3.03. The van der Waals surface area contributed by atoms with E-state index in [1.54, 1.807) is 0 Å². The van der Waals surface area contributed by atoms with Crippen LogP contribution < -0.4 is 0 Å². The molecule has 0 bridgehead atoms. The number of aliphatic hydroxyl groups excluding tert-OH is 1. The average molecular weight is 171 g/mol. The first-order valence-electron chi connectivity index (χ1n) is 4.44. The number of nitrogens with zero attached hydrogens (tertiary/aromatic N) is 2. The van der Waals surface area contributed by atoms with Crippen LogP contribution in [0.2, 0.25) is 0 Å². The molecule has 1 atom stereocenters. The van der Waals surface area contributed by atoms with Crippen LogP contribution in [0.3, 0.4) is 0 Å². The van der Waals surface area contributed by atoms with Crippen LogP contribution >= 0.6 is 0 Å². The van der Waals surface area contributed by atoms with E-state index in [2.05, 4.69) is 16.7 Å². The molecule has 0 saturated heterocycles. The van der Waals surface area contributed by atoms with Gasteiger partial charge in [0.15, 0.2) is 0 Å². The van der Waals surface area contributed by atoms with Gasteiger partial charge in [0.1, 0.15) is 0 Å². The largest absolute Gasteiger partial charge is 0.395 e. The van der Waals surface area contributed by atoms with Gasteiger partial charge < -0.3 is 10.0 Å². The molecular formula is C9H19N2O+. The lowest BCUT2D eigenvalue weighted by Crippen LogP contribution is -2.25. The van der Waals surface area contributed by atoms with Gasteiger partial charge in [-0.3, -0.25) is 0 Å². The third-order valence-corrected chi connectivity index (χ3v) is 2.01. The first-order chi connectivity index (χ1) is 5.74. The van der Waals surface area contributed by atoms with Crippen molar-refractivity contribution in [1.82, 2.24) is 4.90 Å². The highest BCUT2D eigenvalue weighted by Crippen LogP contribution is 2.03. The highest BCUT2D eigenvalue weighted by atomic mass is 16.3. The van der Waals surface area contributed by atoms with Crippen LogP contribution in [-0.2, 0) is 0 Å². The van der Waals surface area contributed by atoms with Crippen molar-refractivity contribution in [2.75, 3.05) is 26.7 Å². The van der Waals surface area contributed by atoms with Crippen LogP contribution in [0.5, 0.6) is 0 Å². The summed E-state index contributed by atoms with van der Waals surface area (Å²) in [5, 5.41) is 8.63. The van der Waals surface area contributed by atoms with Crippen molar-refractivity contribution in [2.45, 2.75) is 25.8 Å². The van der Waals surface area contributed by atoms with E-state index in [-0.39, 0.29) is 12.6 Å². The molecule has 0 unspecified atom stereocenters. The van der Waals surface area contributed by atoms with Crippen molar-refractivity contribution in [3.8, 4) is 6.57 Å². The number of rotatable bonds is 6. The number of hydrogen-bond donors (Lipinski definition) is 1. The molecule has 3 nitrogen and oxygen atoms in total. The van der Waals surface area contributed by atoms with E-state index in [0.717, 1.165) is 25.9 Å². The topological polar surface area (TPSA) is 27.8 Å². The van der Waals surface area contributed by atoms with Gasteiger partial charge in [-0.1, -0.05) is 11.8 Å². The molecule has 0 spiro atoms. The minimum absolute atomic E-state index is 0.215. The molecule has 3 heteroatoms. The molecule has 0 rings (SSSR count). The summed E-state index contributed by atoms with van der Waals surface area (Å²) >= 11 is 0. The fraction of sp³-hybridized carbons (Fsp3) is 0.889. The highest BCUT2D eigenvalue weighted by molar-refractivity contribution is 4.81. The Morgan fingerprint density at radius 1 is 1.50 bits per heavy atom. The second kappa shape index (κ2) is 7.08. The van der Waals surface area contributed by atoms with Gasteiger partial charge in [0.25, 0.3) is 12.6 Å². The van der Waals surface area contributed by atoms with Crippen LogP contribution in [0, 0.1) is 6.57 Å². The molecule has 70 valence electrons. The summed E-state index contributed by atoms with van der Waals surface area (Å²) in [6.07, 6.45) is 1.97. The Labute approximate surface area is 74.8 Å². The normalized spacial score (nSPS) is 12.9. The van der Waals surface area contributed by atoms with Crippen molar-refractivity contribution in [3.63, 3.8) is 0 Å². The zero-order valence-corrected chi connectivity index (χ0v) is 8.03. The summed E-state index contributed by atoms with van der Waals surface area (Å²) in [6, 6.07) is 0.270. The molecule has 0 aromatic rings. The summed E-state index contributed by atoms with van der Waals surface area (Å²) in [7, 11) is 1.99. The zero-order valence-electron chi connectivity index (χ0n) is 8.03. The molecule has 0 aromatic heterocycles. The lowest BCUT2D eigenvalue weighted by Gasteiger charge is -2.13. The van der Waals surface area contributed by atoms with Gasteiger partial charge in [0.2, 0.25) is 0 Å². The number of likely N-dealkylation sites (N-methyl/N-ethyl adjacent to an activating group) is 1. The molecule has 12 heavy (non-hydrogen) atoms. The van der Waals surface area contributed by atoms with E-state index in [9.17, 15) is 0 Å². The Balaban J connectivity index is 3.46. The molecule has 0 aliphatic rings. The van der Waals surface area contributed by atoms with Crippen LogP contribution in [-0.4, -0.2) is 42.8 Å². The van der Waals surface area contributed by atoms with E-state index in [4.69, 9.17) is 11.7 Å². The van der Waals surface area contributed by atoms with Gasteiger partial charge in [0, 0.05) is 25.9 Å².